The number of aromatic nitrogens is 1. The molecule has 0 amide bonds. The Bertz CT molecular complexity index is 313. The van der Waals surface area contributed by atoms with Crippen molar-refractivity contribution in [2.45, 2.75) is 6.92 Å². The van der Waals surface area contributed by atoms with Gasteiger partial charge in [-0.15, -0.1) is 0 Å². The van der Waals surface area contributed by atoms with Gasteiger partial charge in [-0.2, -0.15) is 0 Å². The number of carboxylic acids is 1. The fraction of sp³-hybridized carbons (Fsp3) is 0.200. The summed E-state index contributed by atoms with van der Waals surface area (Å²) in [6.45, 7) is 1.41. The molecule has 5 nitrogen and oxygen atoms in total. The van der Waals surface area contributed by atoms with Gasteiger partial charge in [-0.3, -0.25) is 0 Å². The van der Waals surface area contributed by atoms with Crippen LogP contribution in [0.3, 0.4) is 0 Å². The van der Waals surface area contributed by atoms with Crippen molar-refractivity contribution in [1.82, 2.24) is 5.16 Å². The minimum atomic E-state index is -1.52. The number of aromatic carboxylic acids is 1. The van der Waals surface area contributed by atoms with Crippen molar-refractivity contribution >= 4 is 5.97 Å². The van der Waals surface area contributed by atoms with Gasteiger partial charge in [-0.05, 0) is 6.92 Å². The number of aromatic amines is 1. The molecule has 0 unspecified atom stereocenters. The van der Waals surface area contributed by atoms with E-state index < -0.39 is 17.2 Å². The Hall–Kier alpha value is -0.520. The Morgan fingerprint density at radius 2 is 2.18 bits per heavy atom. The second-order valence-electron chi connectivity index (χ2n) is 1.78. The maximum absolute atomic E-state index is 10.5. The average Bonchev–Trinajstić information content (AvgIpc) is 2.11. The summed E-state index contributed by atoms with van der Waals surface area (Å²) in [6.07, 6.45) is 0. The molecule has 0 atom stereocenters. The van der Waals surface area contributed by atoms with E-state index in [1.165, 1.54) is 6.92 Å². The number of carboxylic acid groups (broad SMARTS) is 1. The monoisotopic (exact) mass is 165 g/mol. The zero-order valence-corrected chi connectivity index (χ0v) is 8.13. The van der Waals surface area contributed by atoms with E-state index in [2.05, 4.69) is 9.68 Å². The fourth-order valence-corrected chi connectivity index (χ4v) is 0.614. The van der Waals surface area contributed by atoms with E-state index in [4.69, 9.17) is 0 Å². The topological polar surface area (TPSA) is 86.1 Å². The SMILES string of the molecule is Cc1[nH]oc(=O)c1C(=O)[O-].[Na+]. The number of aryl methyl sites for hydroxylation is 1. The Labute approximate surface area is 83.7 Å². The van der Waals surface area contributed by atoms with Crippen LogP contribution in [-0.4, -0.2) is 11.1 Å². The van der Waals surface area contributed by atoms with Gasteiger partial charge < -0.3 is 14.4 Å². The molecular formula is C5H4NNaO4. The summed E-state index contributed by atoms with van der Waals surface area (Å²) in [4.78, 5) is 20.6. The van der Waals surface area contributed by atoms with E-state index in [-0.39, 0.29) is 35.3 Å². The normalized spacial score (nSPS) is 8.82. The van der Waals surface area contributed by atoms with Crippen LogP contribution >= 0.6 is 0 Å². The third-order valence-electron chi connectivity index (χ3n) is 1.08. The molecule has 0 radical (unpaired) electrons. The number of nitrogens with one attached hydrogen (secondary N) is 1. The van der Waals surface area contributed by atoms with Gasteiger partial charge in [0.25, 0.3) is 0 Å². The first-order chi connectivity index (χ1) is 4.63. The second kappa shape index (κ2) is 3.75. The van der Waals surface area contributed by atoms with Gasteiger partial charge in [0.1, 0.15) is 5.56 Å². The molecule has 11 heavy (non-hydrogen) atoms. The average molecular weight is 165 g/mol. The van der Waals surface area contributed by atoms with Crippen LogP contribution in [0.2, 0.25) is 0 Å². The van der Waals surface area contributed by atoms with E-state index in [1.807, 2.05) is 0 Å². The van der Waals surface area contributed by atoms with Gasteiger partial charge in [0.2, 0.25) is 0 Å². The Balaban J connectivity index is 0.000001000. The summed E-state index contributed by atoms with van der Waals surface area (Å²) >= 11 is 0. The number of hydrogen-bond acceptors (Lipinski definition) is 4. The van der Waals surface area contributed by atoms with Crippen LogP contribution in [0.4, 0.5) is 0 Å². The Kier molecular flexibility index (Phi) is 3.57. The van der Waals surface area contributed by atoms with Crippen molar-refractivity contribution in [3.63, 3.8) is 0 Å². The van der Waals surface area contributed by atoms with Gasteiger partial charge in [0, 0.05) is 0 Å². The molecule has 0 aliphatic rings. The molecule has 6 heteroatoms. The predicted octanol–water partition coefficient (Wildman–Crippen LogP) is -4.36. The Morgan fingerprint density at radius 1 is 1.64 bits per heavy atom. The van der Waals surface area contributed by atoms with Crippen LogP contribution in [-0.2, 0) is 0 Å². The van der Waals surface area contributed by atoms with Crippen molar-refractivity contribution in [2.24, 2.45) is 0 Å². The molecule has 0 aliphatic heterocycles. The number of carbonyl (C=O) groups excluding carboxylic acids is 1. The number of hydrogen-bond donors (Lipinski definition) is 1. The maximum Gasteiger partial charge on any atom is 1.00 e. The summed E-state index contributed by atoms with van der Waals surface area (Å²) in [7, 11) is 0. The fourth-order valence-electron chi connectivity index (χ4n) is 0.614. The molecule has 0 spiro atoms. The van der Waals surface area contributed by atoms with Gasteiger partial charge >= 0.3 is 35.2 Å². The smallest absolute Gasteiger partial charge is 0.544 e. The Morgan fingerprint density at radius 3 is 2.36 bits per heavy atom. The van der Waals surface area contributed by atoms with E-state index in [1.54, 1.807) is 0 Å². The molecule has 0 aliphatic carbocycles. The van der Waals surface area contributed by atoms with Gasteiger partial charge in [0.05, 0.1) is 11.7 Å². The standard InChI is InChI=1S/C5H5NO4.Na/c1-2-3(4(7)8)5(9)10-6-2;/h6H,1H3,(H,7,8);/q;+1/p-1. The zero-order valence-electron chi connectivity index (χ0n) is 6.13. The molecule has 1 rings (SSSR count). The van der Waals surface area contributed by atoms with Crippen LogP contribution < -0.4 is 40.3 Å². The van der Waals surface area contributed by atoms with Crippen molar-refractivity contribution < 1.29 is 44.0 Å². The summed E-state index contributed by atoms with van der Waals surface area (Å²) in [5, 5.41) is 12.2. The van der Waals surface area contributed by atoms with E-state index in [9.17, 15) is 14.7 Å². The molecule has 0 aromatic carbocycles. The minimum Gasteiger partial charge on any atom is -0.544 e. The molecule has 0 saturated heterocycles. The van der Waals surface area contributed by atoms with Crippen molar-refractivity contribution in [3.8, 4) is 0 Å². The number of carbonyl (C=O) groups is 1. The first kappa shape index (κ1) is 10.5. The van der Waals surface area contributed by atoms with E-state index in [0.29, 0.717) is 0 Å². The van der Waals surface area contributed by atoms with Crippen LogP contribution in [0, 0.1) is 6.92 Å². The third-order valence-corrected chi connectivity index (χ3v) is 1.08. The van der Waals surface area contributed by atoms with Crippen molar-refractivity contribution in [1.29, 1.82) is 0 Å². The van der Waals surface area contributed by atoms with Gasteiger partial charge in [-0.25, -0.2) is 9.95 Å². The van der Waals surface area contributed by atoms with Gasteiger partial charge in [-0.1, -0.05) is 0 Å². The predicted molar refractivity (Wildman–Crippen MR) is 28.4 cm³/mol. The zero-order chi connectivity index (χ0) is 7.72. The maximum atomic E-state index is 10.5. The number of H-pyrrole nitrogens is 1. The molecule has 1 aromatic heterocycles. The molecule has 0 bridgehead atoms. The van der Waals surface area contributed by atoms with Crippen molar-refractivity contribution in [2.75, 3.05) is 0 Å². The van der Waals surface area contributed by atoms with Gasteiger partial charge in [0.15, 0.2) is 0 Å². The molecule has 54 valence electrons. The largest absolute Gasteiger partial charge is 1.00 e. The molecule has 0 fully saturated rings. The summed E-state index contributed by atoms with van der Waals surface area (Å²) in [6, 6.07) is 0. The van der Waals surface area contributed by atoms with E-state index in [0.717, 1.165) is 0 Å². The third kappa shape index (κ3) is 1.95. The van der Waals surface area contributed by atoms with Crippen molar-refractivity contribution in [3.05, 3.63) is 21.7 Å². The first-order valence-electron chi connectivity index (χ1n) is 2.52. The minimum absolute atomic E-state index is 0. The number of rotatable bonds is 1. The molecule has 1 heterocycles. The summed E-state index contributed by atoms with van der Waals surface area (Å²) in [5.74, 6) is -1.52. The quantitative estimate of drug-likeness (QED) is 0.426. The van der Waals surface area contributed by atoms with Crippen LogP contribution in [0.15, 0.2) is 9.32 Å². The van der Waals surface area contributed by atoms with E-state index >= 15 is 0 Å². The van der Waals surface area contributed by atoms with Crippen LogP contribution in [0.25, 0.3) is 0 Å². The summed E-state index contributed by atoms with van der Waals surface area (Å²) < 4.78 is 4.16. The summed E-state index contributed by atoms with van der Waals surface area (Å²) in [5.41, 5.74) is -1.18. The molecule has 1 N–H and O–H groups in total. The van der Waals surface area contributed by atoms with Crippen LogP contribution in [0.1, 0.15) is 16.1 Å². The molecular weight excluding hydrogens is 161 g/mol. The second-order valence-corrected chi connectivity index (χ2v) is 1.78. The van der Waals surface area contributed by atoms with Crippen LogP contribution in [0.5, 0.6) is 0 Å². The molecule has 0 saturated carbocycles. The molecule has 1 aromatic rings. The first-order valence-corrected chi connectivity index (χ1v) is 2.52.